The molecule has 0 aliphatic heterocycles. The molecule has 0 radical (unpaired) electrons. The normalized spacial score (nSPS) is 11.2. The number of nitrogen functional groups attached to an aromatic ring is 1. The number of hydrogen-bond acceptors (Lipinski definition) is 5. The third-order valence-corrected chi connectivity index (χ3v) is 5.38. The van der Waals surface area contributed by atoms with Crippen LogP contribution in [-0.4, -0.2) is 21.6 Å². The molecule has 0 saturated heterocycles. The number of hydrogen-bond donors (Lipinski definition) is 1. The molecule has 0 spiro atoms. The average molecular weight is 437 g/mol. The molecule has 0 bridgehead atoms. The van der Waals surface area contributed by atoms with Crippen molar-refractivity contribution >= 4 is 16.7 Å². The lowest BCUT2D eigenvalue weighted by Gasteiger charge is -2.17. The Morgan fingerprint density at radius 3 is 2.56 bits per heavy atom. The summed E-state index contributed by atoms with van der Waals surface area (Å²) in [6.07, 6.45) is -1.74. The average Bonchev–Trinajstić information content (AvgIpc) is 3.14. The molecule has 2 heterocycles. The van der Waals surface area contributed by atoms with E-state index in [4.69, 9.17) is 10.5 Å². The van der Waals surface area contributed by atoms with Crippen molar-refractivity contribution in [2.75, 3.05) is 12.8 Å². The molecule has 0 aliphatic rings. The molecule has 9 heteroatoms. The number of ether oxygens (including phenoxy) is 1. The Bertz CT molecular complexity index is 1410. The molecular formula is C23H18F3N5O. The van der Waals surface area contributed by atoms with Crippen LogP contribution in [0.15, 0.2) is 36.5 Å². The maximum absolute atomic E-state index is 14.6. The van der Waals surface area contributed by atoms with Crippen LogP contribution in [0.4, 0.5) is 18.9 Å². The second kappa shape index (κ2) is 7.89. The van der Waals surface area contributed by atoms with Crippen LogP contribution in [-0.2, 0) is 0 Å². The lowest BCUT2D eigenvalue weighted by atomic mass is 9.91. The van der Waals surface area contributed by atoms with Crippen LogP contribution in [0.25, 0.3) is 28.0 Å². The molecule has 2 N–H and O–H groups in total. The first-order valence-corrected chi connectivity index (χ1v) is 9.58. The summed E-state index contributed by atoms with van der Waals surface area (Å²) in [5.41, 5.74) is 9.08. The monoisotopic (exact) mass is 437 g/mol. The van der Waals surface area contributed by atoms with Gasteiger partial charge in [-0.25, -0.2) is 23.1 Å². The number of anilines is 1. The Morgan fingerprint density at radius 1 is 1.19 bits per heavy atom. The Morgan fingerprint density at radius 2 is 1.94 bits per heavy atom. The number of nitriles is 1. The van der Waals surface area contributed by atoms with E-state index in [-0.39, 0.29) is 28.1 Å². The third kappa shape index (κ3) is 3.12. The molecule has 32 heavy (non-hydrogen) atoms. The van der Waals surface area contributed by atoms with Gasteiger partial charge < -0.3 is 10.5 Å². The fraction of sp³-hybridized carbons (Fsp3) is 0.174. The first-order chi connectivity index (χ1) is 15.3. The van der Waals surface area contributed by atoms with E-state index < -0.39 is 18.1 Å². The Labute approximate surface area is 181 Å². The molecule has 162 valence electrons. The minimum atomic E-state index is -3.03. The van der Waals surface area contributed by atoms with Crippen LogP contribution in [0.3, 0.4) is 0 Å². The molecule has 4 aromatic rings. The van der Waals surface area contributed by atoms with Crippen LogP contribution < -0.4 is 10.5 Å². The van der Waals surface area contributed by atoms with Gasteiger partial charge in [-0.05, 0) is 54.8 Å². The Balaban J connectivity index is 2.23. The summed E-state index contributed by atoms with van der Waals surface area (Å²) in [6, 6.07) is 9.37. The third-order valence-electron chi connectivity index (χ3n) is 5.38. The zero-order valence-corrected chi connectivity index (χ0v) is 17.4. The van der Waals surface area contributed by atoms with E-state index >= 15 is 0 Å². The highest BCUT2D eigenvalue weighted by Crippen LogP contribution is 2.43. The number of halogens is 3. The summed E-state index contributed by atoms with van der Waals surface area (Å²) in [4.78, 5) is 8.09. The van der Waals surface area contributed by atoms with Crippen molar-refractivity contribution in [3.8, 4) is 28.8 Å². The van der Waals surface area contributed by atoms with Gasteiger partial charge in [-0.15, -0.1) is 0 Å². The summed E-state index contributed by atoms with van der Waals surface area (Å²) in [7, 11) is 1.51. The van der Waals surface area contributed by atoms with Gasteiger partial charge >= 0.3 is 0 Å². The van der Waals surface area contributed by atoms with Crippen LogP contribution in [0.5, 0.6) is 5.75 Å². The van der Waals surface area contributed by atoms with Crippen molar-refractivity contribution in [3.05, 3.63) is 64.9 Å². The maximum Gasteiger partial charge on any atom is 0.296 e. The van der Waals surface area contributed by atoms with Crippen molar-refractivity contribution in [1.29, 1.82) is 5.26 Å². The molecule has 4 rings (SSSR count). The number of rotatable bonds is 4. The van der Waals surface area contributed by atoms with Crippen LogP contribution in [0.2, 0.25) is 0 Å². The minimum absolute atomic E-state index is 0.0485. The van der Waals surface area contributed by atoms with Gasteiger partial charge in [-0.1, -0.05) is 6.07 Å². The molecule has 2 aromatic carbocycles. The standard InChI is InChI=1S/C23H18F3N5O/c1-11-6-7-16(32-3)12(2)17(11)18-19(28)13(10-27)9-15-20(18)30-23(21(25)26)31(15)22-14(24)5-4-8-29-22/h4-9,21H,28H2,1-3H3. The number of nitrogens with zero attached hydrogens (tertiary/aromatic N) is 4. The maximum atomic E-state index is 14.6. The molecule has 0 unspecified atom stereocenters. The van der Waals surface area contributed by atoms with Crippen LogP contribution in [0, 0.1) is 31.0 Å². The Hall–Kier alpha value is -4.06. The molecule has 2 aromatic heterocycles. The van der Waals surface area contributed by atoms with Gasteiger partial charge in [0, 0.05) is 11.8 Å². The number of nitrogens with two attached hydrogens (primary N) is 1. The van der Waals surface area contributed by atoms with Gasteiger partial charge in [0.05, 0.1) is 29.4 Å². The number of aromatic nitrogens is 3. The molecular weight excluding hydrogens is 419 g/mol. The number of pyridine rings is 1. The summed E-state index contributed by atoms with van der Waals surface area (Å²) >= 11 is 0. The van der Waals surface area contributed by atoms with Crippen molar-refractivity contribution in [2.24, 2.45) is 0 Å². The second-order valence-electron chi connectivity index (χ2n) is 7.19. The van der Waals surface area contributed by atoms with E-state index in [1.165, 1.54) is 25.4 Å². The highest BCUT2D eigenvalue weighted by atomic mass is 19.3. The van der Waals surface area contributed by atoms with E-state index in [9.17, 15) is 18.4 Å². The molecule has 6 nitrogen and oxygen atoms in total. The molecule has 0 aliphatic carbocycles. The predicted octanol–water partition coefficient (Wildman–Crippen LogP) is 5.24. The van der Waals surface area contributed by atoms with Gasteiger partial charge in [0.2, 0.25) is 0 Å². The van der Waals surface area contributed by atoms with E-state index in [1.807, 2.05) is 13.0 Å². The van der Waals surface area contributed by atoms with E-state index in [0.717, 1.165) is 16.2 Å². The lowest BCUT2D eigenvalue weighted by Crippen LogP contribution is -2.06. The number of benzene rings is 2. The Kier molecular flexibility index (Phi) is 5.22. The first kappa shape index (κ1) is 21.2. The number of alkyl halides is 2. The topological polar surface area (TPSA) is 89.8 Å². The molecule has 0 fully saturated rings. The number of methoxy groups -OCH3 is 1. The van der Waals surface area contributed by atoms with Gasteiger partial charge in [-0.3, -0.25) is 4.57 Å². The summed E-state index contributed by atoms with van der Waals surface area (Å²) in [5, 5.41) is 9.70. The molecule has 0 amide bonds. The number of aryl methyl sites for hydroxylation is 1. The summed E-state index contributed by atoms with van der Waals surface area (Å²) < 4.78 is 49.0. The van der Waals surface area contributed by atoms with Crippen molar-refractivity contribution in [3.63, 3.8) is 0 Å². The fourth-order valence-electron chi connectivity index (χ4n) is 3.93. The van der Waals surface area contributed by atoms with Gasteiger partial charge in [0.25, 0.3) is 6.43 Å². The quantitative estimate of drug-likeness (QED) is 0.441. The van der Waals surface area contributed by atoms with Crippen molar-refractivity contribution in [2.45, 2.75) is 20.3 Å². The van der Waals surface area contributed by atoms with Gasteiger partial charge in [0.1, 0.15) is 11.8 Å². The highest BCUT2D eigenvalue weighted by molar-refractivity contribution is 6.03. The molecule has 0 atom stereocenters. The molecule has 0 saturated carbocycles. The number of imidazole rings is 1. The van der Waals surface area contributed by atoms with Gasteiger partial charge in [0.15, 0.2) is 17.5 Å². The largest absolute Gasteiger partial charge is 0.496 e. The lowest BCUT2D eigenvalue weighted by molar-refractivity contribution is 0.139. The SMILES string of the molecule is COc1ccc(C)c(-c2c(N)c(C#N)cc3c2nc(C(F)F)n3-c2ncccc2F)c1C. The van der Waals surface area contributed by atoms with E-state index in [2.05, 4.69) is 9.97 Å². The van der Waals surface area contributed by atoms with Crippen molar-refractivity contribution < 1.29 is 17.9 Å². The highest BCUT2D eigenvalue weighted by Gasteiger charge is 2.28. The fourth-order valence-corrected chi connectivity index (χ4v) is 3.93. The minimum Gasteiger partial charge on any atom is -0.496 e. The summed E-state index contributed by atoms with van der Waals surface area (Å²) in [5.74, 6) is -1.29. The first-order valence-electron chi connectivity index (χ1n) is 9.58. The van der Waals surface area contributed by atoms with Crippen LogP contribution >= 0.6 is 0 Å². The number of fused-ring (bicyclic) bond motifs is 1. The summed E-state index contributed by atoms with van der Waals surface area (Å²) in [6.45, 7) is 3.63. The smallest absolute Gasteiger partial charge is 0.296 e. The second-order valence-corrected chi connectivity index (χ2v) is 7.19. The van der Waals surface area contributed by atoms with E-state index in [1.54, 1.807) is 19.1 Å². The zero-order chi connectivity index (χ0) is 23.2. The van der Waals surface area contributed by atoms with Crippen LogP contribution in [0.1, 0.15) is 28.9 Å². The van der Waals surface area contributed by atoms with Gasteiger partial charge in [-0.2, -0.15) is 5.26 Å². The van der Waals surface area contributed by atoms with Crippen molar-refractivity contribution in [1.82, 2.24) is 14.5 Å². The van der Waals surface area contributed by atoms with E-state index in [0.29, 0.717) is 22.4 Å². The predicted molar refractivity (Wildman–Crippen MR) is 114 cm³/mol. The zero-order valence-electron chi connectivity index (χ0n) is 17.4.